The normalized spacial score (nSPS) is 15.0. The Morgan fingerprint density at radius 3 is 2.50 bits per heavy atom. The van der Waals surface area contributed by atoms with Gasteiger partial charge < -0.3 is 14.6 Å². The minimum atomic E-state index is -4.35. The summed E-state index contributed by atoms with van der Waals surface area (Å²) in [6.45, 7) is 3.31. The number of amides is 1. The molecular weight excluding hydrogens is 421 g/mol. The van der Waals surface area contributed by atoms with E-state index in [-0.39, 0.29) is 11.6 Å². The Morgan fingerprint density at radius 2 is 1.78 bits per heavy atom. The van der Waals surface area contributed by atoms with Crippen molar-refractivity contribution in [1.29, 1.82) is 0 Å². The SMILES string of the molecule is O=C(NCc1ccccc1)c1coc(CN2CCN(c3cccc(C(F)(F)F)c3)CC2)n1. The second kappa shape index (κ2) is 9.44. The van der Waals surface area contributed by atoms with Gasteiger partial charge in [-0.05, 0) is 23.8 Å². The summed E-state index contributed by atoms with van der Waals surface area (Å²) in [5, 5.41) is 2.81. The van der Waals surface area contributed by atoms with Gasteiger partial charge in [0.15, 0.2) is 5.69 Å². The summed E-state index contributed by atoms with van der Waals surface area (Å²) in [5.74, 6) is 0.126. The number of oxazole rings is 1. The molecule has 1 fully saturated rings. The predicted octanol–water partition coefficient (Wildman–Crippen LogP) is 3.95. The fourth-order valence-electron chi connectivity index (χ4n) is 3.59. The van der Waals surface area contributed by atoms with E-state index in [4.69, 9.17) is 4.42 Å². The highest BCUT2D eigenvalue weighted by Gasteiger charge is 2.31. The summed E-state index contributed by atoms with van der Waals surface area (Å²) in [5.41, 5.74) is 1.13. The summed E-state index contributed by atoms with van der Waals surface area (Å²) in [6.07, 6.45) is -3.01. The first-order chi connectivity index (χ1) is 15.4. The number of carbonyl (C=O) groups is 1. The van der Waals surface area contributed by atoms with Crippen LogP contribution in [0.4, 0.5) is 18.9 Å². The molecule has 0 unspecified atom stereocenters. The molecule has 0 spiro atoms. The van der Waals surface area contributed by atoms with Crippen molar-refractivity contribution in [3.63, 3.8) is 0 Å². The number of rotatable bonds is 6. The van der Waals surface area contributed by atoms with Crippen molar-refractivity contribution in [1.82, 2.24) is 15.2 Å². The third kappa shape index (κ3) is 5.47. The van der Waals surface area contributed by atoms with Crippen LogP contribution in [0.25, 0.3) is 0 Å². The van der Waals surface area contributed by atoms with Crippen LogP contribution in [0, 0.1) is 0 Å². The van der Waals surface area contributed by atoms with E-state index in [1.54, 1.807) is 6.07 Å². The lowest BCUT2D eigenvalue weighted by molar-refractivity contribution is -0.137. The van der Waals surface area contributed by atoms with Crippen molar-refractivity contribution < 1.29 is 22.4 Å². The maximum absolute atomic E-state index is 13.0. The molecule has 0 aliphatic carbocycles. The van der Waals surface area contributed by atoms with E-state index in [1.165, 1.54) is 18.4 Å². The Bertz CT molecular complexity index is 1040. The Morgan fingerprint density at radius 1 is 1.03 bits per heavy atom. The molecule has 0 atom stereocenters. The zero-order valence-electron chi connectivity index (χ0n) is 17.3. The number of aromatic nitrogens is 1. The van der Waals surface area contributed by atoms with Gasteiger partial charge in [-0.2, -0.15) is 13.2 Å². The highest BCUT2D eigenvalue weighted by Crippen LogP contribution is 2.31. The Kier molecular flexibility index (Phi) is 6.45. The molecule has 4 rings (SSSR count). The van der Waals surface area contributed by atoms with Crippen molar-refractivity contribution in [2.45, 2.75) is 19.3 Å². The van der Waals surface area contributed by atoms with E-state index in [0.717, 1.165) is 11.6 Å². The van der Waals surface area contributed by atoms with Crippen LogP contribution in [0.5, 0.6) is 0 Å². The minimum absolute atomic E-state index is 0.221. The maximum atomic E-state index is 13.0. The van der Waals surface area contributed by atoms with Gasteiger partial charge in [-0.1, -0.05) is 36.4 Å². The highest BCUT2D eigenvalue weighted by atomic mass is 19.4. The minimum Gasteiger partial charge on any atom is -0.447 e. The van der Waals surface area contributed by atoms with E-state index < -0.39 is 11.7 Å². The van der Waals surface area contributed by atoms with Gasteiger partial charge in [-0.15, -0.1) is 0 Å². The van der Waals surface area contributed by atoms with Crippen molar-refractivity contribution >= 4 is 11.6 Å². The van der Waals surface area contributed by atoms with E-state index in [1.807, 2.05) is 35.2 Å². The molecule has 1 aliphatic heterocycles. The van der Waals surface area contributed by atoms with Gasteiger partial charge in [0, 0.05) is 38.4 Å². The number of anilines is 1. The summed E-state index contributed by atoms with van der Waals surface area (Å²) in [4.78, 5) is 20.6. The maximum Gasteiger partial charge on any atom is 0.416 e. The summed E-state index contributed by atoms with van der Waals surface area (Å²) in [7, 11) is 0. The number of nitrogens with one attached hydrogen (secondary N) is 1. The van der Waals surface area contributed by atoms with Crippen LogP contribution in [0.1, 0.15) is 27.5 Å². The average Bonchev–Trinajstić information content (AvgIpc) is 3.27. The van der Waals surface area contributed by atoms with Crippen molar-refractivity contribution in [3.8, 4) is 0 Å². The Labute approximate surface area is 183 Å². The van der Waals surface area contributed by atoms with Gasteiger partial charge in [-0.3, -0.25) is 9.69 Å². The van der Waals surface area contributed by atoms with Crippen LogP contribution in [-0.4, -0.2) is 42.0 Å². The molecule has 3 aromatic rings. The standard InChI is InChI=1S/C23H23F3N4O2/c24-23(25,26)18-7-4-8-19(13-18)30-11-9-29(10-12-30)15-21-28-20(16-32-21)22(31)27-14-17-5-2-1-3-6-17/h1-8,13,16H,9-12,14-15H2,(H,27,31). The lowest BCUT2D eigenvalue weighted by Gasteiger charge is -2.35. The molecule has 0 radical (unpaired) electrons. The van der Waals surface area contributed by atoms with Crippen LogP contribution in [0.2, 0.25) is 0 Å². The van der Waals surface area contributed by atoms with Gasteiger partial charge in [0.2, 0.25) is 5.89 Å². The first-order valence-electron chi connectivity index (χ1n) is 10.3. The molecule has 2 heterocycles. The van der Waals surface area contributed by atoms with E-state index in [9.17, 15) is 18.0 Å². The fraction of sp³-hybridized carbons (Fsp3) is 0.304. The number of halogens is 3. The van der Waals surface area contributed by atoms with Crippen molar-refractivity contribution in [3.05, 3.63) is 83.6 Å². The topological polar surface area (TPSA) is 61.6 Å². The third-order valence-electron chi connectivity index (χ3n) is 5.35. The number of hydrogen-bond acceptors (Lipinski definition) is 5. The van der Waals surface area contributed by atoms with E-state index >= 15 is 0 Å². The van der Waals surface area contributed by atoms with Crippen LogP contribution in [-0.2, 0) is 19.3 Å². The summed E-state index contributed by atoms with van der Waals surface area (Å²) >= 11 is 0. The Hall–Kier alpha value is -3.33. The average molecular weight is 444 g/mol. The molecule has 1 aliphatic rings. The smallest absolute Gasteiger partial charge is 0.416 e. The van der Waals surface area contributed by atoms with Crippen molar-refractivity contribution in [2.24, 2.45) is 0 Å². The lowest BCUT2D eigenvalue weighted by Crippen LogP contribution is -2.46. The molecule has 6 nitrogen and oxygen atoms in total. The van der Waals surface area contributed by atoms with Gasteiger partial charge in [0.1, 0.15) is 6.26 Å². The molecular formula is C23H23F3N4O2. The van der Waals surface area contributed by atoms with Crippen LogP contribution in [0.15, 0.2) is 65.3 Å². The number of nitrogens with zero attached hydrogens (tertiary/aromatic N) is 3. The molecule has 1 aromatic heterocycles. The quantitative estimate of drug-likeness (QED) is 0.624. The number of benzene rings is 2. The summed E-state index contributed by atoms with van der Waals surface area (Å²) in [6, 6.07) is 15.0. The van der Waals surface area contributed by atoms with E-state index in [0.29, 0.717) is 50.8 Å². The second-order valence-electron chi connectivity index (χ2n) is 7.61. The highest BCUT2D eigenvalue weighted by molar-refractivity contribution is 5.91. The molecule has 168 valence electrons. The van der Waals surface area contributed by atoms with Gasteiger partial charge >= 0.3 is 6.18 Å². The molecule has 0 bridgehead atoms. The summed E-state index contributed by atoms with van der Waals surface area (Å²) < 4.78 is 44.3. The zero-order chi connectivity index (χ0) is 22.6. The number of hydrogen-bond donors (Lipinski definition) is 1. The van der Waals surface area contributed by atoms with Crippen LogP contribution >= 0.6 is 0 Å². The number of carbonyl (C=O) groups excluding carboxylic acids is 1. The largest absolute Gasteiger partial charge is 0.447 e. The molecule has 1 saturated heterocycles. The van der Waals surface area contributed by atoms with Crippen molar-refractivity contribution in [2.75, 3.05) is 31.1 Å². The molecule has 1 N–H and O–H groups in total. The molecule has 0 saturated carbocycles. The lowest BCUT2D eigenvalue weighted by atomic mass is 10.1. The predicted molar refractivity (Wildman–Crippen MR) is 113 cm³/mol. The molecule has 9 heteroatoms. The molecule has 32 heavy (non-hydrogen) atoms. The molecule has 1 amide bonds. The number of piperazine rings is 1. The molecule has 2 aromatic carbocycles. The van der Waals surface area contributed by atoms with Crippen LogP contribution < -0.4 is 10.2 Å². The fourth-order valence-corrected chi connectivity index (χ4v) is 3.59. The monoisotopic (exact) mass is 444 g/mol. The van der Waals surface area contributed by atoms with E-state index in [2.05, 4.69) is 15.2 Å². The van der Waals surface area contributed by atoms with Gasteiger partial charge in [0.05, 0.1) is 12.1 Å². The first kappa shape index (κ1) is 21.9. The first-order valence-corrected chi connectivity index (χ1v) is 10.3. The number of alkyl halides is 3. The zero-order valence-corrected chi connectivity index (χ0v) is 17.3. The van der Waals surface area contributed by atoms with Crippen LogP contribution in [0.3, 0.4) is 0 Å². The van der Waals surface area contributed by atoms with Gasteiger partial charge in [-0.25, -0.2) is 4.98 Å². The third-order valence-corrected chi connectivity index (χ3v) is 5.35. The second-order valence-corrected chi connectivity index (χ2v) is 7.61. The Balaban J connectivity index is 1.28. The van der Waals surface area contributed by atoms with Gasteiger partial charge in [0.25, 0.3) is 5.91 Å².